The van der Waals surface area contributed by atoms with Crippen molar-refractivity contribution in [2.45, 2.75) is 25.4 Å². The summed E-state index contributed by atoms with van der Waals surface area (Å²) in [5, 5.41) is 14.0. The van der Waals surface area contributed by atoms with Crippen LogP contribution in [0.15, 0.2) is 24.3 Å². The molecule has 0 radical (unpaired) electrons. The number of halogens is 1. The van der Waals surface area contributed by atoms with E-state index in [0.717, 1.165) is 25.9 Å². The molecular formula is C14H20ClNO2. The van der Waals surface area contributed by atoms with E-state index in [1.807, 2.05) is 18.2 Å². The van der Waals surface area contributed by atoms with E-state index >= 15 is 0 Å². The first-order valence-electron chi connectivity index (χ1n) is 6.53. The lowest BCUT2D eigenvalue weighted by molar-refractivity contribution is 0.0702. The molecule has 100 valence electrons. The molecule has 2 atom stereocenters. The van der Waals surface area contributed by atoms with Crippen molar-refractivity contribution in [3.05, 3.63) is 29.3 Å². The Morgan fingerprint density at radius 2 is 2.28 bits per heavy atom. The number of rotatable bonds is 5. The van der Waals surface area contributed by atoms with E-state index in [2.05, 4.69) is 5.32 Å². The zero-order valence-electron chi connectivity index (χ0n) is 10.4. The number of benzene rings is 1. The van der Waals surface area contributed by atoms with E-state index in [0.29, 0.717) is 29.7 Å². The average Bonchev–Trinajstić information content (AvgIpc) is 2.42. The number of aliphatic hydroxyl groups excluding tert-OH is 1. The van der Waals surface area contributed by atoms with Crippen LogP contribution in [0.25, 0.3) is 0 Å². The van der Waals surface area contributed by atoms with Crippen molar-refractivity contribution in [1.82, 2.24) is 5.32 Å². The van der Waals surface area contributed by atoms with E-state index in [1.165, 1.54) is 0 Å². The first kappa shape index (κ1) is 13.7. The summed E-state index contributed by atoms with van der Waals surface area (Å²) in [5.74, 6) is 1.04. The zero-order valence-corrected chi connectivity index (χ0v) is 11.2. The number of hydrogen-bond donors (Lipinski definition) is 2. The second kappa shape index (κ2) is 6.98. The maximum Gasteiger partial charge on any atom is 0.137 e. The minimum atomic E-state index is -0.291. The van der Waals surface area contributed by atoms with Crippen molar-refractivity contribution in [2.24, 2.45) is 5.92 Å². The molecule has 0 amide bonds. The van der Waals surface area contributed by atoms with Crippen molar-refractivity contribution >= 4 is 11.6 Å². The first-order chi connectivity index (χ1) is 8.77. The summed E-state index contributed by atoms with van der Waals surface area (Å²) in [5.41, 5.74) is 0. The molecule has 0 aromatic heterocycles. The van der Waals surface area contributed by atoms with Crippen LogP contribution in [-0.4, -0.2) is 30.9 Å². The minimum Gasteiger partial charge on any atom is -0.492 e. The van der Waals surface area contributed by atoms with Gasteiger partial charge in [-0.05, 0) is 37.4 Å². The summed E-state index contributed by atoms with van der Waals surface area (Å²) in [6, 6.07) is 7.41. The Morgan fingerprint density at radius 1 is 1.44 bits per heavy atom. The Morgan fingerprint density at radius 3 is 3.00 bits per heavy atom. The molecule has 1 aromatic carbocycles. The largest absolute Gasteiger partial charge is 0.492 e. The van der Waals surface area contributed by atoms with Gasteiger partial charge in [0.15, 0.2) is 0 Å². The molecule has 3 nitrogen and oxygen atoms in total. The van der Waals surface area contributed by atoms with E-state index < -0.39 is 0 Å². The molecule has 18 heavy (non-hydrogen) atoms. The average molecular weight is 270 g/mol. The molecule has 1 aliphatic heterocycles. The lowest BCUT2D eigenvalue weighted by atomic mass is 9.92. The van der Waals surface area contributed by atoms with Crippen LogP contribution in [-0.2, 0) is 0 Å². The number of aliphatic hydroxyl groups is 1. The summed E-state index contributed by atoms with van der Waals surface area (Å²) in [4.78, 5) is 0. The van der Waals surface area contributed by atoms with Crippen molar-refractivity contribution in [1.29, 1.82) is 0 Å². The summed E-state index contributed by atoms with van der Waals surface area (Å²) in [6.07, 6.45) is 2.60. The van der Waals surface area contributed by atoms with Gasteiger partial charge >= 0.3 is 0 Å². The molecule has 1 aromatic rings. The van der Waals surface area contributed by atoms with Gasteiger partial charge in [0.05, 0.1) is 17.7 Å². The van der Waals surface area contributed by atoms with Gasteiger partial charge in [0.2, 0.25) is 0 Å². The van der Waals surface area contributed by atoms with Gasteiger partial charge in [0.1, 0.15) is 5.75 Å². The molecule has 0 bridgehead atoms. The molecular weight excluding hydrogens is 250 g/mol. The third-order valence-electron chi connectivity index (χ3n) is 3.39. The van der Waals surface area contributed by atoms with E-state index in [9.17, 15) is 5.11 Å². The number of ether oxygens (including phenoxy) is 1. The molecule has 1 heterocycles. The molecule has 0 spiro atoms. The Balaban J connectivity index is 1.73. The van der Waals surface area contributed by atoms with Crippen LogP contribution in [0.3, 0.4) is 0 Å². The maximum absolute atomic E-state index is 10.1. The summed E-state index contributed by atoms with van der Waals surface area (Å²) in [7, 11) is 0. The van der Waals surface area contributed by atoms with Crippen LogP contribution >= 0.6 is 11.6 Å². The third-order valence-corrected chi connectivity index (χ3v) is 3.70. The van der Waals surface area contributed by atoms with Gasteiger partial charge in [-0.1, -0.05) is 23.7 Å². The fourth-order valence-corrected chi connectivity index (χ4v) is 2.48. The van der Waals surface area contributed by atoms with E-state index in [1.54, 1.807) is 6.07 Å². The maximum atomic E-state index is 10.1. The number of hydrogen-bond acceptors (Lipinski definition) is 3. The highest BCUT2D eigenvalue weighted by Crippen LogP contribution is 2.24. The molecule has 1 fully saturated rings. The normalized spacial score (nSPS) is 21.6. The van der Waals surface area contributed by atoms with Crippen LogP contribution < -0.4 is 10.1 Å². The number of para-hydroxylation sites is 1. The topological polar surface area (TPSA) is 41.5 Å². The SMILES string of the molecule is OC(CCOc1ccccc1Cl)C1CCCNC1. The second-order valence-electron chi connectivity index (χ2n) is 4.74. The highest BCUT2D eigenvalue weighted by Gasteiger charge is 2.21. The molecule has 0 saturated carbocycles. The van der Waals surface area contributed by atoms with Crippen LogP contribution in [0, 0.1) is 5.92 Å². The molecule has 1 saturated heterocycles. The smallest absolute Gasteiger partial charge is 0.137 e. The lowest BCUT2D eigenvalue weighted by Crippen LogP contribution is -2.37. The summed E-state index contributed by atoms with van der Waals surface area (Å²) in [6.45, 7) is 2.48. The Kier molecular flexibility index (Phi) is 5.29. The lowest BCUT2D eigenvalue weighted by Gasteiger charge is -2.27. The summed E-state index contributed by atoms with van der Waals surface area (Å²) < 4.78 is 5.59. The Hall–Kier alpha value is -0.770. The summed E-state index contributed by atoms with van der Waals surface area (Å²) >= 11 is 5.99. The van der Waals surface area contributed by atoms with Crippen molar-refractivity contribution in [2.75, 3.05) is 19.7 Å². The predicted molar refractivity (Wildman–Crippen MR) is 73.2 cm³/mol. The van der Waals surface area contributed by atoms with Crippen LogP contribution in [0.5, 0.6) is 5.75 Å². The van der Waals surface area contributed by atoms with Crippen molar-refractivity contribution in [3.63, 3.8) is 0 Å². The van der Waals surface area contributed by atoms with E-state index in [4.69, 9.17) is 16.3 Å². The van der Waals surface area contributed by atoms with Gasteiger partial charge in [0.25, 0.3) is 0 Å². The fourth-order valence-electron chi connectivity index (χ4n) is 2.29. The molecule has 2 unspecified atom stereocenters. The molecule has 0 aliphatic carbocycles. The Labute approximate surface area is 113 Å². The molecule has 1 aliphatic rings. The van der Waals surface area contributed by atoms with E-state index in [-0.39, 0.29) is 6.10 Å². The van der Waals surface area contributed by atoms with Gasteiger partial charge in [-0.3, -0.25) is 0 Å². The highest BCUT2D eigenvalue weighted by molar-refractivity contribution is 6.32. The van der Waals surface area contributed by atoms with Gasteiger partial charge in [0, 0.05) is 13.0 Å². The van der Waals surface area contributed by atoms with Gasteiger partial charge in [-0.25, -0.2) is 0 Å². The predicted octanol–water partition coefficient (Wildman–Crippen LogP) is 2.47. The first-order valence-corrected chi connectivity index (χ1v) is 6.91. The zero-order chi connectivity index (χ0) is 12.8. The van der Waals surface area contributed by atoms with Gasteiger partial charge in [-0.2, -0.15) is 0 Å². The standard InChI is InChI=1S/C14H20ClNO2/c15-12-5-1-2-6-14(12)18-9-7-13(17)11-4-3-8-16-10-11/h1-2,5-6,11,13,16-17H,3-4,7-10H2. The minimum absolute atomic E-state index is 0.291. The Bertz CT molecular complexity index is 367. The highest BCUT2D eigenvalue weighted by atomic mass is 35.5. The molecule has 2 N–H and O–H groups in total. The van der Waals surface area contributed by atoms with Gasteiger partial charge in [-0.15, -0.1) is 0 Å². The van der Waals surface area contributed by atoms with Crippen LogP contribution in [0.4, 0.5) is 0 Å². The molecule has 4 heteroatoms. The van der Waals surface area contributed by atoms with Crippen molar-refractivity contribution < 1.29 is 9.84 Å². The molecule has 2 rings (SSSR count). The number of piperidine rings is 1. The third kappa shape index (κ3) is 3.87. The van der Waals surface area contributed by atoms with Gasteiger partial charge < -0.3 is 15.2 Å². The monoisotopic (exact) mass is 269 g/mol. The number of nitrogens with one attached hydrogen (secondary N) is 1. The van der Waals surface area contributed by atoms with Crippen LogP contribution in [0.1, 0.15) is 19.3 Å². The quantitative estimate of drug-likeness (QED) is 0.863. The fraction of sp³-hybridized carbons (Fsp3) is 0.571. The second-order valence-corrected chi connectivity index (χ2v) is 5.15. The van der Waals surface area contributed by atoms with Crippen LogP contribution in [0.2, 0.25) is 5.02 Å². The van der Waals surface area contributed by atoms with Crippen molar-refractivity contribution in [3.8, 4) is 5.75 Å².